The maximum absolute atomic E-state index is 13.2. The van der Waals surface area contributed by atoms with Gasteiger partial charge in [0.2, 0.25) is 0 Å². The van der Waals surface area contributed by atoms with Crippen molar-refractivity contribution in [1.82, 2.24) is 4.98 Å². The van der Waals surface area contributed by atoms with Crippen LogP contribution in [0.4, 0.5) is 4.39 Å². The van der Waals surface area contributed by atoms with E-state index in [9.17, 15) is 9.18 Å². The van der Waals surface area contributed by atoms with Gasteiger partial charge in [0.05, 0.1) is 10.9 Å². The Balaban J connectivity index is 2.05. The Labute approximate surface area is 112 Å². The van der Waals surface area contributed by atoms with Gasteiger partial charge < -0.3 is 4.42 Å². The van der Waals surface area contributed by atoms with Crippen molar-refractivity contribution in [3.8, 4) is 0 Å². The second-order valence-corrected chi connectivity index (χ2v) is 4.62. The number of fused-ring (bicyclic) bond motifs is 1. The second-order valence-electron chi connectivity index (χ2n) is 4.19. The molecule has 0 saturated heterocycles. The number of hydrogen-bond acceptors (Lipinski definition) is 2. The molecule has 0 spiro atoms. The normalized spacial score (nSPS) is 12.7. The van der Waals surface area contributed by atoms with Crippen LogP contribution in [0.2, 0.25) is 0 Å². The molecule has 1 aromatic heterocycles. The Hall–Kier alpha value is -2.07. The van der Waals surface area contributed by atoms with E-state index < -0.39 is 11.1 Å². The molecule has 0 radical (unpaired) electrons. The number of nitrogens with one attached hydrogen (secondary N) is 1. The van der Waals surface area contributed by atoms with Gasteiger partial charge in [0.25, 0.3) is 0 Å². The Morgan fingerprint density at radius 2 is 1.95 bits per heavy atom. The summed E-state index contributed by atoms with van der Waals surface area (Å²) in [6.07, 6.45) is 0. The summed E-state index contributed by atoms with van der Waals surface area (Å²) in [6.45, 7) is 0. The maximum Gasteiger partial charge on any atom is 0.417 e. The van der Waals surface area contributed by atoms with Gasteiger partial charge in [0.15, 0.2) is 5.58 Å². The number of halogens is 2. The quantitative estimate of drug-likeness (QED) is 0.728. The molecule has 1 atom stereocenters. The molecular formula is C14H9ClFNO2. The highest BCUT2D eigenvalue weighted by Crippen LogP contribution is 2.30. The first-order chi connectivity index (χ1) is 9.13. The third-order valence-corrected chi connectivity index (χ3v) is 3.38. The summed E-state index contributed by atoms with van der Waals surface area (Å²) in [5, 5.41) is -0.500. The van der Waals surface area contributed by atoms with Crippen molar-refractivity contribution in [3.05, 3.63) is 70.0 Å². The fourth-order valence-corrected chi connectivity index (χ4v) is 2.25. The number of rotatable bonds is 2. The van der Waals surface area contributed by atoms with E-state index in [-0.39, 0.29) is 5.82 Å². The Morgan fingerprint density at radius 1 is 1.16 bits per heavy atom. The molecule has 0 amide bonds. The topological polar surface area (TPSA) is 46.0 Å². The molecule has 2 aromatic carbocycles. The van der Waals surface area contributed by atoms with Gasteiger partial charge in [-0.1, -0.05) is 18.2 Å². The highest BCUT2D eigenvalue weighted by molar-refractivity contribution is 6.22. The molecule has 3 aromatic rings. The zero-order valence-corrected chi connectivity index (χ0v) is 10.4. The molecule has 1 N–H and O–H groups in total. The van der Waals surface area contributed by atoms with Crippen LogP contribution in [0.5, 0.6) is 0 Å². The van der Waals surface area contributed by atoms with Crippen LogP contribution in [0.25, 0.3) is 11.1 Å². The standard InChI is InChI=1S/C14H9ClFNO2/c15-13(8-2-1-3-10(16)6-8)9-4-5-11-12(7-9)19-14(18)17-11/h1-7,13H,(H,17,18). The van der Waals surface area contributed by atoms with Crippen molar-refractivity contribution >= 4 is 22.7 Å². The summed E-state index contributed by atoms with van der Waals surface area (Å²) in [5.41, 5.74) is 2.43. The molecule has 3 nitrogen and oxygen atoms in total. The smallest absolute Gasteiger partial charge is 0.408 e. The summed E-state index contributed by atoms with van der Waals surface area (Å²) in [4.78, 5) is 13.6. The maximum atomic E-state index is 13.2. The molecule has 96 valence electrons. The minimum absolute atomic E-state index is 0.336. The molecule has 5 heteroatoms. The first-order valence-corrected chi connectivity index (χ1v) is 6.09. The second kappa shape index (κ2) is 4.55. The number of hydrogen-bond donors (Lipinski definition) is 1. The fourth-order valence-electron chi connectivity index (χ4n) is 1.98. The first kappa shape index (κ1) is 12.0. The molecule has 0 aliphatic carbocycles. The lowest BCUT2D eigenvalue weighted by Gasteiger charge is -2.10. The average molecular weight is 278 g/mol. The van der Waals surface area contributed by atoms with E-state index >= 15 is 0 Å². The summed E-state index contributed by atoms with van der Waals surface area (Å²) in [6, 6.07) is 11.3. The zero-order chi connectivity index (χ0) is 13.4. The van der Waals surface area contributed by atoms with E-state index in [1.807, 2.05) is 0 Å². The van der Waals surface area contributed by atoms with Gasteiger partial charge in [-0.25, -0.2) is 9.18 Å². The van der Waals surface area contributed by atoms with E-state index in [4.69, 9.17) is 16.0 Å². The van der Waals surface area contributed by atoms with Crippen LogP contribution in [0.1, 0.15) is 16.5 Å². The number of aromatic nitrogens is 1. The van der Waals surface area contributed by atoms with Gasteiger partial charge >= 0.3 is 5.76 Å². The minimum atomic E-state index is -0.510. The third-order valence-electron chi connectivity index (χ3n) is 2.88. The number of H-pyrrole nitrogens is 1. The van der Waals surface area contributed by atoms with Crippen LogP contribution in [-0.2, 0) is 0 Å². The van der Waals surface area contributed by atoms with Crippen LogP contribution in [0, 0.1) is 5.82 Å². The summed E-state index contributed by atoms with van der Waals surface area (Å²) < 4.78 is 18.2. The van der Waals surface area contributed by atoms with Gasteiger partial charge in [-0.3, -0.25) is 4.98 Å². The predicted molar refractivity (Wildman–Crippen MR) is 70.9 cm³/mol. The van der Waals surface area contributed by atoms with Crippen molar-refractivity contribution in [2.24, 2.45) is 0 Å². The lowest BCUT2D eigenvalue weighted by molar-refractivity contribution is 0.555. The lowest BCUT2D eigenvalue weighted by Crippen LogP contribution is -1.93. The zero-order valence-electron chi connectivity index (χ0n) is 9.69. The Morgan fingerprint density at radius 3 is 2.74 bits per heavy atom. The Kier molecular flexibility index (Phi) is 2.87. The molecule has 1 unspecified atom stereocenters. The molecule has 0 bridgehead atoms. The molecule has 0 aliphatic rings. The number of aromatic amines is 1. The molecular weight excluding hydrogens is 269 g/mol. The van der Waals surface area contributed by atoms with Gasteiger partial charge in [0, 0.05) is 0 Å². The first-order valence-electron chi connectivity index (χ1n) is 5.66. The summed E-state index contributed by atoms with van der Waals surface area (Å²) >= 11 is 6.31. The molecule has 19 heavy (non-hydrogen) atoms. The van der Waals surface area contributed by atoms with Crippen molar-refractivity contribution < 1.29 is 8.81 Å². The summed E-state index contributed by atoms with van der Waals surface area (Å²) in [5.74, 6) is -0.846. The average Bonchev–Trinajstić information content (AvgIpc) is 2.76. The van der Waals surface area contributed by atoms with E-state index in [1.165, 1.54) is 12.1 Å². The molecule has 1 heterocycles. The monoisotopic (exact) mass is 277 g/mol. The van der Waals surface area contributed by atoms with Gasteiger partial charge in [-0.15, -0.1) is 11.6 Å². The van der Waals surface area contributed by atoms with E-state index in [2.05, 4.69) is 4.98 Å². The number of oxazole rings is 1. The van der Waals surface area contributed by atoms with Crippen molar-refractivity contribution in [2.75, 3.05) is 0 Å². The molecule has 0 saturated carbocycles. The number of alkyl halides is 1. The fraction of sp³-hybridized carbons (Fsp3) is 0.0714. The minimum Gasteiger partial charge on any atom is -0.408 e. The van der Waals surface area contributed by atoms with E-state index in [0.29, 0.717) is 16.7 Å². The van der Waals surface area contributed by atoms with Crippen molar-refractivity contribution in [2.45, 2.75) is 5.38 Å². The molecule has 0 aliphatic heterocycles. The highest BCUT2D eigenvalue weighted by Gasteiger charge is 2.13. The highest BCUT2D eigenvalue weighted by atomic mass is 35.5. The molecule has 0 fully saturated rings. The predicted octanol–water partition coefficient (Wildman–Crippen LogP) is 3.59. The van der Waals surface area contributed by atoms with Crippen LogP contribution in [-0.4, -0.2) is 4.98 Å². The Bertz CT molecular complexity index is 793. The van der Waals surface area contributed by atoms with Crippen molar-refractivity contribution in [1.29, 1.82) is 0 Å². The van der Waals surface area contributed by atoms with Gasteiger partial charge in [-0.05, 0) is 35.4 Å². The van der Waals surface area contributed by atoms with Crippen LogP contribution >= 0.6 is 11.6 Å². The summed E-state index contributed by atoms with van der Waals surface area (Å²) in [7, 11) is 0. The largest absolute Gasteiger partial charge is 0.417 e. The van der Waals surface area contributed by atoms with Crippen molar-refractivity contribution in [3.63, 3.8) is 0 Å². The SMILES string of the molecule is O=c1[nH]c2ccc(C(Cl)c3cccc(F)c3)cc2o1. The number of benzene rings is 2. The van der Waals surface area contributed by atoms with Crippen LogP contribution < -0.4 is 5.76 Å². The lowest BCUT2D eigenvalue weighted by atomic mass is 10.0. The third kappa shape index (κ3) is 2.27. The van der Waals surface area contributed by atoms with E-state index in [0.717, 1.165) is 5.56 Å². The van der Waals surface area contributed by atoms with Crippen LogP contribution in [0.15, 0.2) is 51.7 Å². The van der Waals surface area contributed by atoms with Crippen LogP contribution in [0.3, 0.4) is 0 Å². The molecule has 3 rings (SSSR count). The van der Waals surface area contributed by atoms with Gasteiger partial charge in [0.1, 0.15) is 5.82 Å². The van der Waals surface area contributed by atoms with Gasteiger partial charge in [-0.2, -0.15) is 0 Å². The van der Waals surface area contributed by atoms with E-state index in [1.54, 1.807) is 30.3 Å².